The van der Waals surface area contributed by atoms with Crippen molar-refractivity contribution in [1.29, 1.82) is 0 Å². The van der Waals surface area contributed by atoms with Crippen LogP contribution in [0.15, 0.2) is 42.6 Å². The second-order valence-corrected chi connectivity index (χ2v) is 5.47. The predicted molar refractivity (Wildman–Crippen MR) is 84.0 cm³/mol. The van der Waals surface area contributed by atoms with Gasteiger partial charge in [-0.25, -0.2) is 4.68 Å². The lowest BCUT2D eigenvalue weighted by Gasteiger charge is -2.10. The summed E-state index contributed by atoms with van der Waals surface area (Å²) >= 11 is 0. The minimum Gasteiger partial charge on any atom is -0.496 e. The molecule has 1 saturated heterocycles. The van der Waals surface area contributed by atoms with Crippen LogP contribution >= 0.6 is 0 Å². The van der Waals surface area contributed by atoms with Crippen LogP contribution in [0.4, 0.5) is 0 Å². The molecule has 0 unspecified atom stereocenters. The average molecular weight is 295 g/mol. The van der Waals surface area contributed by atoms with Crippen molar-refractivity contribution in [3.8, 4) is 17.0 Å². The molecule has 1 aromatic heterocycles. The van der Waals surface area contributed by atoms with E-state index in [4.69, 9.17) is 9.47 Å². The van der Waals surface area contributed by atoms with E-state index in [1.807, 2.05) is 29.1 Å². The molecule has 2 heterocycles. The molecule has 22 heavy (non-hydrogen) atoms. The fraction of sp³-hybridized carbons (Fsp3) is 0.294. The summed E-state index contributed by atoms with van der Waals surface area (Å²) in [6, 6.07) is 12.6. The molecule has 5 nitrogen and oxygen atoms in total. The molecule has 0 aliphatic carbocycles. The summed E-state index contributed by atoms with van der Waals surface area (Å²) in [5.41, 5.74) is 1.83. The Kier molecular flexibility index (Phi) is 3.27. The molecule has 0 amide bonds. The van der Waals surface area contributed by atoms with Crippen molar-refractivity contribution < 1.29 is 9.47 Å². The molecule has 0 spiro atoms. The van der Waals surface area contributed by atoms with E-state index in [-0.39, 0.29) is 6.04 Å². The molecule has 0 saturated carbocycles. The Balaban J connectivity index is 1.86. The van der Waals surface area contributed by atoms with Gasteiger partial charge in [-0.1, -0.05) is 35.5 Å². The quantitative estimate of drug-likeness (QED) is 0.745. The van der Waals surface area contributed by atoms with Gasteiger partial charge in [-0.05, 0) is 23.3 Å². The third kappa shape index (κ3) is 2.14. The normalized spacial score (nSPS) is 18.0. The Morgan fingerprint density at radius 1 is 1.23 bits per heavy atom. The van der Waals surface area contributed by atoms with Crippen molar-refractivity contribution in [3.05, 3.63) is 42.6 Å². The Labute approximate surface area is 128 Å². The first kappa shape index (κ1) is 13.3. The van der Waals surface area contributed by atoms with Crippen LogP contribution in [0.5, 0.6) is 5.75 Å². The summed E-state index contributed by atoms with van der Waals surface area (Å²) < 4.78 is 12.9. The molecule has 3 aromatic rings. The minimum absolute atomic E-state index is 0.280. The maximum Gasteiger partial charge on any atom is 0.129 e. The van der Waals surface area contributed by atoms with Crippen molar-refractivity contribution in [2.24, 2.45) is 0 Å². The topological polar surface area (TPSA) is 49.2 Å². The fourth-order valence-corrected chi connectivity index (χ4v) is 2.99. The number of methoxy groups -OCH3 is 1. The van der Waals surface area contributed by atoms with E-state index in [0.29, 0.717) is 6.61 Å². The summed E-state index contributed by atoms with van der Waals surface area (Å²) in [5, 5.41) is 10.9. The van der Waals surface area contributed by atoms with Gasteiger partial charge in [-0.15, -0.1) is 5.10 Å². The monoisotopic (exact) mass is 295 g/mol. The lowest BCUT2D eigenvalue weighted by Crippen LogP contribution is -2.08. The zero-order chi connectivity index (χ0) is 14.9. The molecular formula is C17H17N3O2. The number of hydrogen-bond donors (Lipinski definition) is 0. The second-order valence-electron chi connectivity index (χ2n) is 5.47. The van der Waals surface area contributed by atoms with Crippen LogP contribution in [0.1, 0.15) is 12.5 Å². The first-order chi connectivity index (χ1) is 10.9. The summed E-state index contributed by atoms with van der Waals surface area (Å²) in [7, 11) is 1.68. The van der Waals surface area contributed by atoms with Gasteiger partial charge in [0.2, 0.25) is 0 Å². The van der Waals surface area contributed by atoms with E-state index in [0.717, 1.165) is 40.8 Å². The Hall–Kier alpha value is -2.40. The van der Waals surface area contributed by atoms with Gasteiger partial charge >= 0.3 is 0 Å². The lowest BCUT2D eigenvalue weighted by atomic mass is 10.0. The van der Waals surface area contributed by atoms with Crippen LogP contribution in [-0.2, 0) is 4.74 Å². The van der Waals surface area contributed by atoms with Gasteiger partial charge in [0, 0.05) is 6.61 Å². The standard InChI is InChI=1S/C17H17N3O2/c1-21-16-7-6-12-4-2-3-5-14(12)17(16)15-10-20(19-18-15)13-8-9-22-11-13/h2-7,10,13H,8-9,11H2,1H3/t13-/m0/s1. The largest absolute Gasteiger partial charge is 0.496 e. The van der Waals surface area contributed by atoms with Gasteiger partial charge in [0.15, 0.2) is 0 Å². The number of ether oxygens (including phenoxy) is 2. The van der Waals surface area contributed by atoms with Crippen LogP contribution in [0.3, 0.4) is 0 Å². The van der Waals surface area contributed by atoms with E-state index in [2.05, 4.69) is 28.5 Å². The molecule has 1 aliphatic heterocycles. The molecule has 0 N–H and O–H groups in total. The van der Waals surface area contributed by atoms with Crippen molar-refractivity contribution in [2.45, 2.75) is 12.5 Å². The number of hydrogen-bond acceptors (Lipinski definition) is 4. The minimum atomic E-state index is 0.280. The summed E-state index contributed by atoms with van der Waals surface area (Å²) in [5.74, 6) is 0.813. The number of benzene rings is 2. The predicted octanol–water partition coefficient (Wildman–Crippen LogP) is 3.07. The number of rotatable bonds is 3. The van der Waals surface area contributed by atoms with E-state index < -0.39 is 0 Å². The van der Waals surface area contributed by atoms with E-state index in [1.165, 1.54) is 0 Å². The fourth-order valence-electron chi connectivity index (χ4n) is 2.99. The van der Waals surface area contributed by atoms with Crippen LogP contribution in [0.25, 0.3) is 22.0 Å². The third-order valence-electron chi connectivity index (χ3n) is 4.16. The van der Waals surface area contributed by atoms with Crippen molar-refractivity contribution in [1.82, 2.24) is 15.0 Å². The zero-order valence-electron chi connectivity index (χ0n) is 12.4. The molecule has 0 bridgehead atoms. The lowest BCUT2D eigenvalue weighted by molar-refractivity contribution is 0.184. The molecule has 112 valence electrons. The van der Waals surface area contributed by atoms with Crippen LogP contribution in [-0.4, -0.2) is 35.3 Å². The number of fused-ring (bicyclic) bond motifs is 1. The summed E-state index contributed by atoms with van der Waals surface area (Å²) in [6.45, 7) is 1.49. The highest BCUT2D eigenvalue weighted by molar-refractivity contribution is 5.98. The number of nitrogens with zero attached hydrogens (tertiary/aromatic N) is 3. The third-order valence-corrected chi connectivity index (χ3v) is 4.16. The summed E-state index contributed by atoms with van der Waals surface area (Å²) in [6.07, 6.45) is 2.97. The molecule has 2 aromatic carbocycles. The first-order valence-electron chi connectivity index (χ1n) is 7.42. The van der Waals surface area contributed by atoms with Gasteiger partial charge in [0.05, 0.1) is 31.5 Å². The van der Waals surface area contributed by atoms with Gasteiger partial charge in [0.25, 0.3) is 0 Å². The molecule has 1 atom stereocenters. The van der Waals surface area contributed by atoms with Crippen molar-refractivity contribution in [2.75, 3.05) is 20.3 Å². The smallest absolute Gasteiger partial charge is 0.129 e. The highest BCUT2D eigenvalue weighted by Gasteiger charge is 2.21. The molecule has 0 radical (unpaired) electrons. The van der Waals surface area contributed by atoms with E-state index in [9.17, 15) is 0 Å². The first-order valence-corrected chi connectivity index (χ1v) is 7.42. The highest BCUT2D eigenvalue weighted by atomic mass is 16.5. The summed E-state index contributed by atoms with van der Waals surface area (Å²) in [4.78, 5) is 0. The molecule has 4 rings (SSSR count). The number of aromatic nitrogens is 3. The van der Waals surface area contributed by atoms with Crippen LogP contribution in [0.2, 0.25) is 0 Å². The Morgan fingerprint density at radius 3 is 2.95 bits per heavy atom. The molecule has 5 heteroatoms. The Bertz CT molecular complexity index is 807. The van der Waals surface area contributed by atoms with Crippen LogP contribution < -0.4 is 4.74 Å². The van der Waals surface area contributed by atoms with Crippen molar-refractivity contribution >= 4 is 10.8 Å². The second kappa shape index (κ2) is 5.42. The molecular weight excluding hydrogens is 278 g/mol. The average Bonchev–Trinajstić information content (AvgIpc) is 3.24. The zero-order valence-corrected chi connectivity index (χ0v) is 12.4. The SMILES string of the molecule is COc1ccc2ccccc2c1-c1cn([C@H]2CCOC2)nn1. The van der Waals surface area contributed by atoms with Gasteiger partial charge in [0.1, 0.15) is 11.4 Å². The van der Waals surface area contributed by atoms with Gasteiger partial charge in [-0.2, -0.15) is 0 Å². The maximum atomic E-state index is 5.54. The van der Waals surface area contributed by atoms with Crippen molar-refractivity contribution in [3.63, 3.8) is 0 Å². The molecule has 1 fully saturated rings. The van der Waals surface area contributed by atoms with E-state index >= 15 is 0 Å². The van der Waals surface area contributed by atoms with E-state index in [1.54, 1.807) is 7.11 Å². The Morgan fingerprint density at radius 2 is 2.14 bits per heavy atom. The van der Waals surface area contributed by atoms with Gasteiger partial charge < -0.3 is 9.47 Å². The van der Waals surface area contributed by atoms with Gasteiger partial charge in [-0.3, -0.25) is 0 Å². The molecule has 1 aliphatic rings. The van der Waals surface area contributed by atoms with Crippen LogP contribution in [0, 0.1) is 0 Å². The highest BCUT2D eigenvalue weighted by Crippen LogP contribution is 2.36. The maximum absolute atomic E-state index is 5.54.